The Morgan fingerprint density at radius 3 is 2.88 bits per heavy atom. The highest BCUT2D eigenvalue weighted by Crippen LogP contribution is 2.39. The summed E-state index contributed by atoms with van der Waals surface area (Å²) >= 11 is 0. The van der Waals surface area contributed by atoms with Gasteiger partial charge >= 0.3 is 0 Å². The molecule has 1 saturated carbocycles. The Bertz CT molecular complexity index is 786. The first kappa shape index (κ1) is 15.2. The van der Waals surface area contributed by atoms with E-state index in [1.54, 1.807) is 0 Å². The summed E-state index contributed by atoms with van der Waals surface area (Å²) in [5, 5.41) is 3.24. The van der Waals surface area contributed by atoms with Gasteiger partial charge in [-0.15, -0.1) is 0 Å². The fourth-order valence-electron chi connectivity index (χ4n) is 3.32. The van der Waals surface area contributed by atoms with E-state index in [1.165, 1.54) is 12.8 Å². The fourth-order valence-corrected chi connectivity index (χ4v) is 3.32. The molecule has 6 nitrogen and oxygen atoms in total. The van der Waals surface area contributed by atoms with Crippen LogP contribution in [-0.4, -0.2) is 44.9 Å². The van der Waals surface area contributed by atoms with Gasteiger partial charge < -0.3 is 15.2 Å². The largest absolute Gasteiger partial charge is 0.374 e. The fraction of sp³-hybridized carbons (Fsp3) is 0.500. The highest BCUT2D eigenvalue weighted by molar-refractivity contribution is 5.89. The molecule has 1 aliphatic carbocycles. The molecule has 1 amide bonds. The van der Waals surface area contributed by atoms with Crippen LogP contribution in [0.3, 0.4) is 0 Å². The third-order valence-electron chi connectivity index (χ3n) is 4.90. The maximum atomic E-state index is 12.5. The molecule has 0 unspecified atom stereocenters. The summed E-state index contributed by atoms with van der Waals surface area (Å²) in [6.07, 6.45) is 8.31. The van der Waals surface area contributed by atoms with E-state index in [0.29, 0.717) is 11.6 Å². The molecule has 1 aliphatic heterocycles. The third-order valence-corrected chi connectivity index (χ3v) is 4.90. The number of carbonyl (C=O) groups is 1. The van der Waals surface area contributed by atoms with Crippen LogP contribution < -0.4 is 5.32 Å². The monoisotopic (exact) mass is 325 g/mol. The topological polar surface area (TPSA) is 73.9 Å². The number of nitrogens with one attached hydrogen (secondary N) is 2. The molecular formula is C18H23N5O. The molecule has 0 aromatic carbocycles. The van der Waals surface area contributed by atoms with Gasteiger partial charge in [0.05, 0.1) is 11.9 Å². The lowest BCUT2D eigenvalue weighted by molar-refractivity contribution is -0.131. The highest BCUT2D eigenvalue weighted by Gasteiger charge is 2.27. The minimum absolute atomic E-state index is 0.137. The van der Waals surface area contributed by atoms with Gasteiger partial charge in [-0.3, -0.25) is 4.79 Å². The second-order valence-electron chi connectivity index (χ2n) is 6.85. The highest BCUT2D eigenvalue weighted by atomic mass is 16.2. The molecule has 4 rings (SSSR count). The predicted octanol–water partition coefficient (Wildman–Crippen LogP) is 2.41. The van der Waals surface area contributed by atoms with Crippen LogP contribution in [0.5, 0.6) is 0 Å². The lowest BCUT2D eigenvalue weighted by Gasteiger charge is -2.22. The molecular weight excluding hydrogens is 302 g/mol. The van der Waals surface area contributed by atoms with Gasteiger partial charge in [-0.1, -0.05) is 6.58 Å². The van der Waals surface area contributed by atoms with Crippen LogP contribution in [0, 0.1) is 0 Å². The van der Waals surface area contributed by atoms with Gasteiger partial charge in [0.1, 0.15) is 11.6 Å². The Balaban J connectivity index is 1.52. The maximum absolute atomic E-state index is 12.5. The maximum Gasteiger partial charge on any atom is 0.244 e. The van der Waals surface area contributed by atoms with E-state index < -0.39 is 0 Å². The zero-order valence-electron chi connectivity index (χ0n) is 14.0. The normalized spacial score (nSPS) is 18.8. The van der Waals surface area contributed by atoms with Crippen LogP contribution >= 0.6 is 0 Å². The predicted molar refractivity (Wildman–Crippen MR) is 93.3 cm³/mol. The Morgan fingerprint density at radius 2 is 2.17 bits per heavy atom. The van der Waals surface area contributed by atoms with Crippen LogP contribution in [0.15, 0.2) is 19.0 Å². The molecule has 3 heterocycles. The number of nitrogens with zero attached hydrogens (tertiary/aromatic N) is 3. The molecule has 0 spiro atoms. The van der Waals surface area contributed by atoms with Gasteiger partial charge in [-0.05, 0) is 32.6 Å². The number of hydrogen-bond donors (Lipinski definition) is 2. The number of fused-ring (bicyclic) bond motifs is 1. The summed E-state index contributed by atoms with van der Waals surface area (Å²) in [4.78, 5) is 26.7. The first-order chi connectivity index (χ1) is 11.6. The van der Waals surface area contributed by atoms with Crippen molar-refractivity contribution in [2.24, 2.45) is 0 Å². The molecule has 126 valence electrons. The standard InChI is InChI=1S/C18H23N5O/c1-11(21-12(2)18(24)23-7-3-4-8-23)14-9-19-17-16(14)22-15(10-20-17)13-5-6-13/h9-10,12-13,21H,1,3-8H2,2H3,(H,19,20)/t12-/m1/s1. The van der Waals surface area contributed by atoms with Crippen molar-refractivity contribution in [3.8, 4) is 0 Å². The van der Waals surface area contributed by atoms with Crippen LogP contribution in [0.2, 0.25) is 0 Å². The van der Waals surface area contributed by atoms with E-state index in [4.69, 9.17) is 4.98 Å². The molecule has 2 aliphatic rings. The average Bonchev–Trinajstić information content (AvgIpc) is 3.12. The van der Waals surface area contributed by atoms with Crippen molar-refractivity contribution in [3.63, 3.8) is 0 Å². The van der Waals surface area contributed by atoms with E-state index in [9.17, 15) is 4.79 Å². The Labute approximate surface area is 141 Å². The molecule has 1 saturated heterocycles. The second kappa shape index (κ2) is 5.92. The van der Waals surface area contributed by atoms with Crippen molar-refractivity contribution in [1.82, 2.24) is 25.2 Å². The van der Waals surface area contributed by atoms with Gasteiger partial charge in [0, 0.05) is 36.5 Å². The van der Waals surface area contributed by atoms with E-state index in [-0.39, 0.29) is 11.9 Å². The summed E-state index contributed by atoms with van der Waals surface area (Å²) in [7, 11) is 0. The molecule has 0 bridgehead atoms. The van der Waals surface area contributed by atoms with Crippen molar-refractivity contribution in [1.29, 1.82) is 0 Å². The molecule has 2 aromatic rings. The lowest BCUT2D eigenvalue weighted by Crippen LogP contribution is -2.42. The van der Waals surface area contributed by atoms with Crippen LogP contribution in [0.4, 0.5) is 0 Å². The lowest BCUT2D eigenvalue weighted by atomic mass is 10.2. The number of rotatable bonds is 5. The number of hydrogen-bond acceptors (Lipinski definition) is 4. The number of aromatic amines is 1. The van der Waals surface area contributed by atoms with Gasteiger partial charge in [0.2, 0.25) is 5.91 Å². The minimum Gasteiger partial charge on any atom is -0.374 e. The van der Waals surface area contributed by atoms with Crippen LogP contribution in [0.25, 0.3) is 16.9 Å². The average molecular weight is 325 g/mol. The third kappa shape index (κ3) is 2.77. The first-order valence-electron chi connectivity index (χ1n) is 8.72. The van der Waals surface area contributed by atoms with Gasteiger partial charge in [0.25, 0.3) is 0 Å². The van der Waals surface area contributed by atoms with Crippen LogP contribution in [0.1, 0.15) is 49.8 Å². The number of carbonyl (C=O) groups excluding carboxylic acids is 1. The zero-order chi connectivity index (χ0) is 16.7. The van der Waals surface area contributed by atoms with Crippen molar-refractivity contribution in [2.45, 2.75) is 44.6 Å². The molecule has 1 atom stereocenters. The Kier molecular flexibility index (Phi) is 3.75. The number of amides is 1. The molecule has 24 heavy (non-hydrogen) atoms. The van der Waals surface area contributed by atoms with Crippen molar-refractivity contribution in [2.75, 3.05) is 13.1 Å². The molecule has 6 heteroatoms. The summed E-state index contributed by atoms with van der Waals surface area (Å²) in [5.41, 5.74) is 4.25. The van der Waals surface area contributed by atoms with Crippen molar-refractivity contribution >= 4 is 22.8 Å². The number of likely N-dealkylation sites (tertiary alicyclic amines) is 1. The van der Waals surface area contributed by atoms with Crippen molar-refractivity contribution in [3.05, 3.63) is 30.2 Å². The summed E-state index contributed by atoms with van der Waals surface area (Å²) in [6, 6.07) is -0.292. The van der Waals surface area contributed by atoms with E-state index in [0.717, 1.165) is 48.4 Å². The minimum atomic E-state index is -0.292. The van der Waals surface area contributed by atoms with Gasteiger partial charge in [0.15, 0.2) is 5.65 Å². The smallest absolute Gasteiger partial charge is 0.244 e. The Morgan fingerprint density at radius 1 is 1.42 bits per heavy atom. The number of H-pyrrole nitrogens is 1. The van der Waals surface area contributed by atoms with Crippen LogP contribution in [-0.2, 0) is 4.79 Å². The summed E-state index contributed by atoms with van der Waals surface area (Å²) < 4.78 is 0. The summed E-state index contributed by atoms with van der Waals surface area (Å²) in [5.74, 6) is 0.694. The molecule has 2 N–H and O–H groups in total. The molecule has 2 fully saturated rings. The summed E-state index contributed by atoms with van der Waals surface area (Å²) in [6.45, 7) is 7.73. The van der Waals surface area contributed by atoms with E-state index >= 15 is 0 Å². The first-order valence-corrected chi connectivity index (χ1v) is 8.72. The second-order valence-corrected chi connectivity index (χ2v) is 6.85. The van der Waals surface area contributed by atoms with Crippen molar-refractivity contribution < 1.29 is 4.79 Å². The zero-order valence-corrected chi connectivity index (χ0v) is 14.0. The van der Waals surface area contributed by atoms with Gasteiger partial charge in [-0.25, -0.2) is 9.97 Å². The Hall–Kier alpha value is -2.37. The number of aromatic nitrogens is 3. The quantitative estimate of drug-likeness (QED) is 0.885. The van der Waals surface area contributed by atoms with E-state index in [2.05, 4.69) is 21.9 Å². The van der Waals surface area contributed by atoms with E-state index in [1.807, 2.05) is 24.2 Å². The SMILES string of the molecule is C=C(N[C@H](C)C(=O)N1CCCC1)c1c[nH]c2ncc(C3CC3)nc12. The molecule has 2 aromatic heterocycles. The molecule has 0 radical (unpaired) electrons. The van der Waals surface area contributed by atoms with Gasteiger partial charge in [-0.2, -0.15) is 0 Å².